The van der Waals surface area contributed by atoms with Gasteiger partial charge in [0.05, 0.1) is 11.5 Å². The van der Waals surface area contributed by atoms with Crippen LogP contribution in [0.5, 0.6) is 0 Å². The van der Waals surface area contributed by atoms with E-state index in [0.717, 1.165) is 65.0 Å². The van der Waals surface area contributed by atoms with Crippen molar-refractivity contribution in [3.63, 3.8) is 0 Å². The Bertz CT molecular complexity index is 1020. The fourth-order valence-electron chi connectivity index (χ4n) is 5.27. The predicted molar refractivity (Wildman–Crippen MR) is 125 cm³/mol. The molecule has 2 fully saturated rings. The van der Waals surface area contributed by atoms with E-state index >= 15 is 0 Å². The van der Waals surface area contributed by atoms with Gasteiger partial charge in [-0.25, -0.2) is 4.98 Å². The number of carbonyl (C=O) groups excluding carboxylic acids is 1. The molecule has 0 aromatic carbocycles. The van der Waals surface area contributed by atoms with Crippen molar-refractivity contribution in [2.75, 3.05) is 20.2 Å². The summed E-state index contributed by atoms with van der Waals surface area (Å²) in [7, 11) is 1.74. The fraction of sp³-hybridized carbons (Fsp3) is 0.708. The van der Waals surface area contributed by atoms with Crippen molar-refractivity contribution in [2.24, 2.45) is 5.92 Å². The van der Waals surface area contributed by atoms with Gasteiger partial charge in [-0.1, -0.05) is 20.3 Å². The maximum absolute atomic E-state index is 13.6. The van der Waals surface area contributed by atoms with Crippen molar-refractivity contribution in [2.45, 2.75) is 84.3 Å². The van der Waals surface area contributed by atoms with Gasteiger partial charge in [-0.05, 0) is 51.5 Å². The van der Waals surface area contributed by atoms with E-state index in [1.54, 1.807) is 18.4 Å². The summed E-state index contributed by atoms with van der Waals surface area (Å²) in [6, 6.07) is 0.100. The molecule has 0 N–H and O–H groups in total. The largest absolute Gasteiger partial charge is 0.381 e. The van der Waals surface area contributed by atoms with Crippen molar-refractivity contribution in [3.05, 3.63) is 26.6 Å². The topological polar surface area (TPSA) is 64.4 Å². The van der Waals surface area contributed by atoms with Gasteiger partial charge in [-0.15, -0.1) is 11.3 Å². The van der Waals surface area contributed by atoms with Crippen molar-refractivity contribution in [3.8, 4) is 0 Å². The minimum atomic E-state index is 0.0821. The Balaban J connectivity index is 1.55. The first-order valence-electron chi connectivity index (χ1n) is 11.7. The molecule has 31 heavy (non-hydrogen) atoms. The van der Waals surface area contributed by atoms with E-state index in [1.165, 1.54) is 0 Å². The summed E-state index contributed by atoms with van der Waals surface area (Å²) in [6.07, 6.45) is 5.74. The lowest BCUT2D eigenvalue weighted by Gasteiger charge is -2.37. The lowest BCUT2D eigenvalue weighted by atomic mass is 9.85. The number of aromatic nitrogens is 2. The Morgan fingerprint density at radius 1 is 1.16 bits per heavy atom. The molecular formula is C24H35N3O3S. The van der Waals surface area contributed by atoms with Crippen LogP contribution in [0.25, 0.3) is 10.2 Å². The maximum Gasteiger partial charge on any atom is 0.262 e. The van der Waals surface area contributed by atoms with Crippen LogP contribution in [0.2, 0.25) is 0 Å². The molecule has 1 saturated carbocycles. The standard InChI is InChI=1S/C24H35N3O3S/c1-14(2)21-25-22-20(15(3)16(4)31-22)24(29)27(21)18-9-11-26(12-10-18)23(28)17-7-6-8-19(13-17)30-5/h14,17-19H,6-13H2,1-5H3/t17-,19-/m1/s1. The smallest absolute Gasteiger partial charge is 0.262 e. The predicted octanol–water partition coefficient (Wildman–Crippen LogP) is 4.57. The minimum absolute atomic E-state index is 0.0821. The molecule has 170 valence electrons. The molecule has 2 aromatic rings. The summed E-state index contributed by atoms with van der Waals surface area (Å²) >= 11 is 1.61. The Morgan fingerprint density at radius 3 is 2.52 bits per heavy atom. The van der Waals surface area contributed by atoms with Gasteiger partial charge in [0.15, 0.2) is 0 Å². The summed E-state index contributed by atoms with van der Waals surface area (Å²) in [5.74, 6) is 1.40. The molecule has 6 nitrogen and oxygen atoms in total. The normalized spacial score (nSPS) is 23.1. The van der Waals surface area contributed by atoms with Gasteiger partial charge in [0.2, 0.25) is 5.91 Å². The van der Waals surface area contributed by atoms with Gasteiger partial charge in [0, 0.05) is 43.0 Å². The van der Waals surface area contributed by atoms with Crippen molar-refractivity contribution in [1.82, 2.24) is 14.5 Å². The number of ether oxygens (including phenoxy) is 1. The zero-order chi connectivity index (χ0) is 22.3. The third kappa shape index (κ3) is 4.19. The van der Waals surface area contributed by atoms with E-state index in [1.807, 2.05) is 16.4 Å². The Morgan fingerprint density at radius 2 is 1.87 bits per heavy atom. The number of fused-ring (bicyclic) bond motifs is 1. The minimum Gasteiger partial charge on any atom is -0.381 e. The highest BCUT2D eigenvalue weighted by atomic mass is 32.1. The van der Waals surface area contributed by atoms with Crippen LogP contribution in [0, 0.1) is 19.8 Å². The molecule has 1 aliphatic heterocycles. The number of nitrogens with zero attached hydrogens (tertiary/aromatic N) is 3. The number of hydrogen-bond acceptors (Lipinski definition) is 5. The zero-order valence-electron chi connectivity index (χ0n) is 19.4. The van der Waals surface area contributed by atoms with E-state index in [0.29, 0.717) is 13.1 Å². The van der Waals surface area contributed by atoms with Crippen LogP contribution < -0.4 is 5.56 Å². The van der Waals surface area contributed by atoms with Crippen molar-refractivity contribution in [1.29, 1.82) is 0 Å². The SMILES string of the molecule is CO[C@@H]1CCC[C@@H](C(=O)N2CCC(n3c(C(C)C)nc4sc(C)c(C)c4c3=O)CC2)C1. The molecule has 4 rings (SSSR count). The quantitative estimate of drug-likeness (QED) is 0.692. The number of aryl methyl sites for hydroxylation is 2. The van der Waals surface area contributed by atoms with Crippen LogP contribution in [0.15, 0.2) is 4.79 Å². The van der Waals surface area contributed by atoms with E-state index in [4.69, 9.17) is 9.72 Å². The van der Waals surface area contributed by atoms with E-state index in [-0.39, 0.29) is 35.4 Å². The molecule has 0 radical (unpaired) electrons. The highest BCUT2D eigenvalue weighted by Crippen LogP contribution is 2.33. The Kier molecular flexibility index (Phi) is 6.54. The lowest BCUT2D eigenvalue weighted by molar-refractivity contribution is -0.139. The number of thiophene rings is 1. The molecule has 1 aliphatic carbocycles. The van der Waals surface area contributed by atoms with E-state index in [9.17, 15) is 9.59 Å². The first-order valence-corrected chi connectivity index (χ1v) is 12.5. The van der Waals surface area contributed by atoms with E-state index in [2.05, 4.69) is 20.8 Å². The molecule has 1 amide bonds. The third-order valence-electron chi connectivity index (χ3n) is 7.23. The van der Waals surface area contributed by atoms with Crippen LogP contribution >= 0.6 is 11.3 Å². The molecule has 7 heteroatoms. The molecule has 2 atom stereocenters. The van der Waals surface area contributed by atoms with Gasteiger partial charge >= 0.3 is 0 Å². The van der Waals surface area contributed by atoms with Gasteiger partial charge < -0.3 is 9.64 Å². The van der Waals surface area contributed by atoms with Gasteiger partial charge in [0.25, 0.3) is 5.56 Å². The molecule has 2 aliphatic rings. The zero-order valence-corrected chi connectivity index (χ0v) is 20.3. The number of amides is 1. The second-order valence-corrected chi connectivity index (χ2v) is 10.7. The number of hydrogen-bond donors (Lipinski definition) is 0. The molecular weight excluding hydrogens is 410 g/mol. The van der Waals surface area contributed by atoms with Gasteiger partial charge in [0.1, 0.15) is 10.7 Å². The molecule has 1 saturated heterocycles. The van der Waals surface area contributed by atoms with E-state index < -0.39 is 0 Å². The van der Waals surface area contributed by atoms with Gasteiger partial charge in [-0.2, -0.15) is 0 Å². The van der Waals surface area contributed by atoms with Crippen molar-refractivity contribution >= 4 is 27.5 Å². The third-order valence-corrected chi connectivity index (χ3v) is 8.33. The van der Waals surface area contributed by atoms with Crippen LogP contribution in [0.1, 0.15) is 80.6 Å². The van der Waals surface area contributed by atoms with Crippen LogP contribution in [-0.2, 0) is 9.53 Å². The highest BCUT2D eigenvalue weighted by molar-refractivity contribution is 7.18. The summed E-state index contributed by atoms with van der Waals surface area (Å²) in [4.78, 5) is 35.6. The molecule has 0 bridgehead atoms. The maximum atomic E-state index is 13.6. The summed E-state index contributed by atoms with van der Waals surface area (Å²) in [6.45, 7) is 9.71. The first kappa shape index (κ1) is 22.5. The summed E-state index contributed by atoms with van der Waals surface area (Å²) in [5.41, 5.74) is 1.15. The van der Waals surface area contributed by atoms with Crippen LogP contribution in [0.3, 0.4) is 0 Å². The number of rotatable bonds is 4. The lowest BCUT2D eigenvalue weighted by Crippen LogP contribution is -2.45. The molecule has 3 heterocycles. The molecule has 0 spiro atoms. The second kappa shape index (κ2) is 9.02. The molecule has 2 aromatic heterocycles. The van der Waals surface area contributed by atoms with Crippen LogP contribution in [0.4, 0.5) is 0 Å². The second-order valence-electron chi connectivity index (χ2n) is 9.54. The van der Waals surface area contributed by atoms with Gasteiger partial charge in [-0.3, -0.25) is 14.2 Å². The average Bonchev–Trinajstić information content (AvgIpc) is 3.07. The summed E-state index contributed by atoms with van der Waals surface area (Å²) < 4.78 is 7.47. The number of carbonyl (C=O) groups is 1. The van der Waals surface area contributed by atoms with Crippen LogP contribution in [-0.4, -0.2) is 46.7 Å². The number of piperidine rings is 1. The Labute approximate surface area is 188 Å². The van der Waals surface area contributed by atoms with Crippen molar-refractivity contribution < 1.29 is 9.53 Å². The monoisotopic (exact) mass is 445 g/mol. The number of likely N-dealkylation sites (tertiary alicyclic amines) is 1. The summed E-state index contributed by atoms with van der Waals surface area (Å²) in [5, 5.41) is 0.776. The number of methoxy groups -OCH3 is 1. The average molecular weight is 446 g/mol. The first-order chi connectivity index (χ1) is 14.8. The fourth-order valence-corrected chi connectivity index (χ4v) is 6.29. The Hall–Kier alpha value is -1.73. The highest BCUT2D eigenvalue weighted by Gasteiger charge is 2.33. The molecule has 0 unspecified atom stereocenters.